The lowest BCUT2D eigenvalue weighted by Crippen LogP contribution is -2.71. The summed E-state index contributed by atoms with van der Waals surface area (Å²) in [5, 5.41) is 18.7. The second-order valence-corrected chi connectivity index (χ2v) is 6.06. The average molecular weight is 514 g/mol. The Morgan fingerprint density at radius 3 is 1.15 bits per heavy atom. The smallest absolute Gasteiger partial charge is 0.392 e. The molecule has 8 nitrogen and oxygen atoms in total. The number of halogens is 10. The van der Waals surface area contributed by atoms with Gasteiger partial charge in [0.2, 0.25) is 0 Å². The second kappa shape index (κ2) is 12.0. The minimum Gasteiger partial charge on any atom is -0.394 e. The Balaban J connectivity index is 5.58. The molecule has 0 saturated carbocycles. The van der Waals surface area contributed by atoms with Gasteiger partial charge in [-0.2, -0.15) is 43.9 Å². The van der Waals surface area contributed by atoms with E-state index in [2.05, 4.69) is 9.47 Å². The summed E-state index contributed by atoms with van der Waals surface area (Å²) >= 11 is 0. The first kappa shape index (κ1) is 31.1. The van der Waals surface area contributed by atoms with E-state index in [-0.39, 0.29) is 0 Å². The Kier molecular flexibility index (Phi) is 11.3. The molecule has 4 N–H and O–H groups in total. The Bertz CT molecular complexity index is 599. The molecule has 0 fully saturated rings. The molecular formula is C15H20F10N2O6. The van der Waals surface area contributed by atoms with Crippen molar-refractivity contribution < 1.29 is 73.2 Å². The first-order valence-electron chi connectivity index (χ1n) is 8.79. The molecular weight excluding hydrogens is 494 g/mol. The lowest BCUT2D eigenvalue weighted by Gasteiger charge is -2.38. The van der Waals surface area contributed by atoms with Crippen LogP contribution in [0.2, 0.25) is 0 Å². The summed E-state index contributed by atoms with van der Waals surface area (Å²) in [6, 6.07) is 0. The van der Waals surface area contributed by atoms with Crippen molar-refractivity contribution in [3.8, 4) is 0 Å². The third-order valence-corrected chi connectivity index (χ3v) is 3.68. The lowest BCUT2D eigenvalue weighted by atomic mass is 9.93. The van der Waals surface area contributed by atoms with Crippen LogP contribution < -0.4 is 10.6 Å². The largest absolute Gasteiger partial charge is 0.394 e. The Morgan fingerprint density at radius 2 is 0.879 bits per heavy atom. The molecule has 0 saturated heterocycles. The predicted octanol–water partition coefficient (Wildman–Crippen LogP) is 0.413. The van der Waals surface area contributed by atoms with E-state index in [9.17, 15) is 53.5 Å². The lowest BCUT2D eigenvalue weighted by molar-refractivity contribution is -0.387. The molecule has 0 aliphatic heterocycles. The molecule has 0 rings (SSSR count). The quantitative estimate of drug-likeness (QED) is 0.175. The minimum absolute atomic E-state index is 0.391. The van der Waals surface area contributed by atoms with Gasteiger partial charge in [-0.05, 0) is 0 Å². The van der Waals surface area contributed by atoms with Crippen molar-refractivity contribution in [2.24, 2.45) is 0 Å². The van der Waals surface area contributed by atoms with E-state index >= 15 is 0 Å². The van der Waals surface area contributed by atoms with Crippen LogP contribution in [0.1, 0.15) is 0 Å². The van der Waals surface area contributed by atoms with Crippen LogP contribution in [-0.2, 0) is 19.1 Å². The summed E-state index contributed by atoms with van der Waals surface area (Å²) in [5.74, 6) is -42.1. The van der Waals surface area contributed by atoms with Gasteiger partial charge in [-0.15, -0.1) is 0 Å². The molecule has 0 unspecified atom stereocenters. The van der Waals surface area contributed by atoms with Gasteiger partial charge in [-0.3, -0.25) is 9.59 Å². The van der Waals surface area contributed by atoms with Crippen LogP contribution in [-0.4, -0.2) is 104 Å². The number of alkyl halides is 10. The van der Waals surface area contributed by atoms with Crippen molar-refractivity contribution in [1.82, 2.24) is 10.6 Å². The molecule has 196 valence electrons. The van der Waals surface area contributed by atoms with E-state index in [1.807, 2.05) is 0 Å². The minimum atomic E-state index is -7.61. The van der Waals surface area contributed by atoms with E-state index in [1.165, 1.54) is 0 Å². The molecule has 0 radical (unpaired) electrons. The molecule has 0 heterocycles. The fourth-order valence-electron chi connectivity index (χ4n) is 1.91. The van der Waals surface area contributed by atoms with Crippen molar-refractivity contribution in [2.75, 3.05) is 52.7 Å². The maximum absolute atomic E-state index is 13.7. The summed E-state index contributed by atoms with van der Waals surface area (Å²) in [7, 11) is 0. The van der Waals surface area contributed by atoms with Crippen LogP contribution in [0, 0.1) is 0 Å². The highest BCUT2D eigenvalue weighted by Gasteiger charge is 2.88. The molecule has 0 aliphatic carbocycles. The third-order valence-electron chi connectivity index (χ3n) is 3.68. The van der Waals surface area contributed by atoms with Gasteiger partial charge in [0.25, 0.3) is 11.8 Å². The molecule has 0 aromatic heterocycles. The summed E-state index contributed by atoms with van der Waals surface area (Å²) in [6.07, 6.45) is 0. The molecule has 2 amide bonds. The van der Waals surface area contributed by atoms with Gasteiger partial charge in [0.05, 0.1) is 39.6 Å². The van der Waals surface area contributed by atoms with E-state index in [0.717, 1.165) is 10.6 Å². The van der Waals surface area contributed by atoms with Crippen molar-refractivity contribution >= 4 is 11.8 Å². The van der Waals surface area contributed by atoms with Crippen LogP contribution in [0.5, 0.6) is 0 Å². The fourth-order valence-corrected chi connectivity index (χ4v) is 1.91. The van der Waals surface area contributed by atoms with Crippen molar-refractivity contribution in [1.29, 1.82) is 0 Å². The first-order chi connectivity index (χ1) is 15.0. The molecule has 0 spiro atoms. The number of amides is 2. The van der Waals surface area contributed by atoms with Gasteiger partial charge in [0.15, 0.2) is 0 Å². The molecule has 0 atom stereocenters. The molecule has 33 heavy (non-hydrogen) atoms. The van der Waals surface area contributed by atoms with Crippen LogP contribution in [0.25, 0.3) is 0 Å². The van der Waals surface area contributed by atoms with Gasteiger partial charge in [0, 0.05) is 13.1 Å². The number of rotatable bonds is 16. The number of aliphatic hydroxyl groups excluding tert-OH is 2. The van der Waals surface area contributed by atoms with Crippen LogP contribution >= 0.6 is 0 Å². The topological polar surface area (TPSA) is 117 Å². The Morgan fingerprint density at radius 1 is 0.576 bits per heavy atom. The van der Waals surface area contributed by atoms with E-state index in [4.69, 9.17) is 10.2 Å². The van der Waals surface area contributed by atoms with E-state index < -0.39 is 94.2 Å². The number of hydrogen-bond donors (Lipinski definition) is 4. The van der Waals surface area contributed by atoms with Gasteiger partial charge in [0.1, 0.15) is 0 Å². The monoisotopic (exact) mass is 514 g/mol. The summed E-state index contributed by atoms with van der Waals surface area (Å²) in [4.78, 5) is 22.4. The zero-order chi connectivity index (χ0) is 26.1. The highest BCUT2D eigenvalue weighted by atomic mass is 19.4. The molecule has 0 bridgehead atoms. The van der Waals surface area contributed by atoms with E-state index in [0.29, 0.717) is 0 Å². The molecule has 0 aliphatic rings. The van der Waals surface area contributed by atoms with Crippen molar-refractivity contribution in [3.05, 3.63) is 0 Å². The Labute approximate surface area is 179 Å². The summed E-state index contributed by atoms with van der Waals surface area (Å²) < 4.78 is 146. The number of hydrogen-bond acceptors (Lipinski definition) is 6. The number of aliphatic hydroxyl groups is 2. The summed E-state index contributed by atoms with van der Waals surface area (Å²) in [5.41, 5.74) is 0. The zero-order valence-corrected chi connectivity index (χ0v) is 16.5. The van der Waals surface area contributed by atoms with Gasteiger partial charge >= 0.3 is 29.6 Å². The molecule has 0 aromatic carbocycles. The number of ether oxygens (including phenoxy) is 2. The standard InChI is InChI=1S/C15H20F10N2O6/c16-11(17,9(30)26-1-5-32-7-3-28)13(20,21)15(24,25)14(22,23)12(18,19)10(31)27-2-6-33-8-4-29/h28-29H,1-8H2,(H,26,30)(H,27,31). The highest BCUT2D eigenvalue weighted by molar-refractivity contribution is 5.86. The number of nitrogens with one attached hydrogen (secondary N) is 2. The third kappa shape index (κ3) is 6.57. The number of carbonyl (C=O) groups excluding carboxylic acids is 2. The van der Waals surface area contributed by atoms with Crippen LogP contribution in [0.15, 0.2) is 0 Å². The Hall–Kier alpha value is -1.92. The van der Waals surface area contributed by atoms with Crippen molar-refractivity contribution in [3.63, 3.8) is 0 Å². The summed E-state index contributed by atoms with van der Waals surface area (Å²) in [6.45, 7) is -5.36. The first-order valence-corrected chi connectivity index (χ1v) is 8.79. The van der Waals surface area contributed by atoms with Crippen molar-refractivity contribution in [2.45, 2.75) is 29.6 Å². The maximum atomic E-state index is 13.7. The maximum Gasteiger partial charge on any atom is 0.392 e. The SMILES string of the molecule is O=C(NCCOCCO)C(F)(F)C(F)(F)C(F)(F)C(F)(F)C(F)(F)C(=O)NCCOCCO. The zero-order valence-electron chi connectivity index (χ0n) is 16.5. The van der Waals surface area contributed by atoms with Gasteiger partial charge in [-0.25, -0.2) is 0 Å². The fraction of sp³-hybridized carbons (Fsp3) is 0.867. The normalized spacial score (nSPS) is 13.7. The molecule has 18 heteroatoms. The van der Waals surface area contributed by atoms with Crippen LogP contribution in [0.3, 0.4) is 0 Å². The highest BCUT2D eigenvalue weighted by Crippen LogP contribution is 2.57. The second-order valence-electron chi connectivity index (χ2n) is 6.06. The number of carbonyl (C=O) groups is 2. The predicted molar refractivity (Wildman–Crippen MR) is 86.6 cm³/mol. The molecule has 0 aromatic rings. The average Bonchev–Trinajstić information content (AvgIpc) is 2.72. The van der Waals surface area contributed by atoms with Gasteiger partial charge < -0.3 is 30.3 Å². The van der Waals surface area contributed by atoms with Crippen LogP contribution in [0.4, 0.5) is 43.9 Å². The van der Waals surface area contributed by atoms with Gasteiger partial charge in [-0.1, -0.05) is 0 Å². The van der Waals surface area contributed by atoms with E-state index in [1.54, 1.807) is 0 Å².